The molecule has 0 radical (unpaired) electrons. The van der Waals surface area contributed by atoms with Crippen LogP contribution in [-0.4, -0.2) is 27.2 Å². The molecule has 2 aromatic heterocycles. The monoisotopic (exact) mass is 259 g/mol. The van der Waals surface area contributed by atoms with Crippen LogP contribution >= 0.6 is 0 Å². The maximum Gasteiger partial charge on any atom is 0.252 e. The topological polar surface area (TPSA) is 85.8 Å². The Labute approximate surface area is 111 Å². The van der Waals surface area contributed by atoms with Gasteiger partial charge in [-0.25, -0.2) is 4.98 Å². The van der Waals surface area contributed by atoms with Crippen LogP contribution in [0.25, 0.3) is 0 Å². The molecule has 0 atom stereocenters. The molecule has 6 heteroatoms. The zero-order chi connectivity index (χ0) is 13.7. The number of primary amides is 1. The highest BCUT2D eigenvalue weighted by Gasteiger charge is 2.11. The van der Waals surface area contributed by atoms with E-state index in [0.29, 0.717) is 17.9 Å². The third-order valence-corrected chi connectivity index (χ3v) is 2.82. The van der Waals surface area contributed by atoms with E-state index in [2.05, 4.69) is 15.4 Å². The third-order valence-electron chi connectivity index (χ3n) is 2.82. The van der Waals surface area contributed by atoms with Gasteiger partial charge < -0.3 is 11.1 Å². The van der Waals surface area contributed by atoms with Gasteiger partial charge in [0.05, 0.1) is 5.56 Å². The fourth-order valence-corrected chi connectivity index (χ4v) is 1.88. The fourth-order valence-electron chi connectivity index (χ4n) is 1.88. The first-order valence-electron chi connectivity index (χ1n) is 6.15. The van der Waals surface area contributed by atoms with Crippen LogP contribution in [0.15, 0.2) is 30.7 Å². The molecule has 0 saturated carbocycles. The number of aryl methyl sites for hydroxylation is 2. The van der Waals surface area contributed by atoms with E-state index >= 15 is 0 Å². The van der Waals surface area contributed by atoms with Gasteiger partial charge >= 0.3 is 0 Å². The summed E-state index contributed by atoms with van der Waals surface area (Å²) in [6, 6.07) is 3.66. The molecule has 3 N–H and O–H groups in total. The smallest absolute Gasteiger partial charge is 0.252 e. The van der Waals surface area contributed by atoms with Crippen molar-refractivity contribution in [2.24, 2.45) is 5.73 Å². The molecule has 0 spiro atoms. The van der Waals surface area contributed by atoms with Gasteiger partial charge in [-0.3, -0.25) is 9.48 Å². The lowest BCUT2D eigenvalue weighted by Gasteiger charge is -2.10. The number of nitrogens with two attached hydrogens (primary N) is 1. The third kappa shape index (κ3) is 3.31. The zero-order valence-electron chi connectivity index (χ0n) is 10.8. The lowest BCUT2D eigenvalue weighted by molar-refractivity contribution is 0.1000. The summed E-state index contributed by atoms with van der Waals surface area (Å²) in [7, 11) is 0. The average molecular weight is 259 g/mol. The van der Waals surface area contributed by atoms with Crippen molar-refractivity contribution in [2.45, 2.75) is 19.9 Å². The second-order valence-corrected chi connectivity index (χ2v) is 4.27. The summed E-state index contributed by atoms with van der Waals surface area (Å²) in [6.45, 7) is 3.37. The van der Waals surface area contributed by atoms with Crippen LogP contribution in [-0.2, 0) is 6.54 Å². The zero-order valence-corrected chi connectivity index (χ0v) is 10.8. The number of pyridine rings is 1. The van der Waals surface area contributed by atoms with Gasteiger partial charge in [0.2, 0.25) is 0 Å². The van der Waals surface area contributed by atoms with Crippen molar-refractivity contribution in [1.29, 1.82) is 0 Å². The molecule has 0 aliphatic rings. The van der Waals surface area contributed by atoms with Crippen LogP contribution in [0.3, 0.4) is 0 Å². The standard InChI is InChI=1S/C13H17N5O/c1-10-4-7-16-13(11(10)12(14)19)15-5-2-8-18-9-3-6-17-18/h3-4,6-7,9H,2,5,8H2,1H3,(H2,14,19)(H,15,16). The number of carbonyl (C=O) groups excluding carboxylic acids is 1. The number of nitrogens with zero attached hydrogens (tertiary/aromatic N) is 3. The normalized spacial score (nSPS) is 10.4. The van der Waals surface area contributed by atoms with E-state index in [4.69, 9.17) is 5.73 Å². The van der Waals surface area contributed by atoms with E-state index in [1.807, 2.05) is 23.9 Å². The van der Waals surface area contributed by atoms with Gasteiger partial charge in [0, 0.05) is 31.7 Å². The number of hydrogen-bond donors (Lipinski definition) is 2. The number of anilines is 1. The Kier molecular flexibility index (Phi) is 4.12. The number of carbonyl (C=O) groups is 1. The molecule has 2 heterocycles. The predicted octanol–water partition coefficient (Wildman–Crippen LogP) is 1.19. The average Bonchev–Trinajstić information content (AvgIpc) is 2.87. The summed E-state index contributed by atoms with van der Waals surface area (Å²) in [6.07, 6.45) is 6.22. The Morgan fingerprint density at radius 1 is 1.47 bits per heavy atom. The molecule has 0 aliphatic heterocycles. The Morgan fingerprint density at radius 2 is 2.32 bits per heavy atom. The van der Waals surface area contributed by atoms with E-state index < -0.39 is 5.91 Å². The Morgan fingerprint density at radius 3 is 3.00 bits per heavy atom. The van der Waals surface area contributed by atoms with E-state index in [0.717, 1.165) is 18.5 Å². The van der Waals surface area contributed by atoms with Crippen molar-refractivity contribution in [3.63, 3.8) is 0 Å². The van der Waals surface area contributed by atoms with Gasteiger partial charge in [-0.2, -0.15) is 5.10 Å². The molecule has 100 valence electrons. The molecule has 0 fully saturated rings. The van der Waals surface area contributed by atoms with Crippen molar-refractivity contribution in [2.75, 3.05) is 11.9 Å². The first kappa shape index (κ1) is 13.1. The lowest BCUT2D eigenvalue weighted by atomic mass is 10.1. The molecule has 2 aromatic rings. The molecular formula is C13H17N5O. The number of amides is 1. The summed E-state index contributed by atoms with van der Waals surface area (Å²) in [5.74, 6) is 0.0909. The van der Waals surface area contributed by atoms with E-state index in [1.165, 1.54) is 0 Å². The predicted molar refractivity (Wildman–Crippen MR) is 72.8 cm³/mol. The molecule has 0 aliphatic carbocycles. The highest BCUT2D eigenvalue weighted by molar-refractivity contribution is 5.98. The number of rotatable bonds is 6. The molecule has 1 amide bonds. The van der Waals surface area contributed by atoms with Crippen molar-refractivity contribution < 1.29 is 4.79 Å². The summed E-state index contributed by atoms with van der Waals surface area (Å²) in [5.41, 5.74) is 6.65. The van der Waals surface area contributed by atoms with Gasteiger partial charge in [-0.15, -0.1) is 0 Å². The van der Waals surface area contributed by atoms with Crippen molar-refractivity contribution >= 4 is 11.7 Å². The van der Waals surface area contributed by atoms with Crippen molar-refractivity contribution in [3.05, 3.63) is 41.9 Å². The maximum atomic E-state index is 11.4. The molecule has 0 saturated heterocycles. The van der Waals surface area contributed by atoms with Gasteiger partial charge in [0.1, 0.15) is 5.82 Å². The Hall–Kier alpha value is -2.37. The molecule has 6 nitrogen and oxygen atoms in total. The largest absolute Gasteiger partial charge is 0.369 e. The summed E-state index contributed by atoms with van der Waals surface area (Å²) in [4.78, 5) is 15.6. The highest BCUT2D eigenvalue weighted by atomic mass is 16.1. The Balaban J connectivity index is 1.92. The lowest BCUT2D eigenvalue weighted by Crippen LogP contribution is -2.18. The van der Waals surface area contributed by atoms with E-state index in [1.54, 1.807) is 18.5 Å². The number of hydrogen-bond acceptors (Lipinski definition) is 4. The first-order chi connectivity index (χ1) is 9.18. The van der Waals surface area contributed by atoms with E-state index in [9.17, 15) is 4.79 Å². The SMILES string of the molecule is Cc1ccnc(NCCCn2cccn2)c1C(N)=O. The van der Waals surface area contributed by atoms with Gasteiger partial charge in [-0.05, 0) is 31.0 Å². The van der Waals surface area contributed by atoms with Crippen molar-refractivity contribution in [3.8, 4) is 0 Å². The highest BCUT2D eigenvalue weighted by Crippen LogP contribution is 2.15. The van der Waals surface area contributed by atoms with Gasteiger partial charge in [-0.1, -0.05) is 0 Å². The minimum Gasteiger partial charge on any atom is -0.369 e. The molecule has 0 aromatic carbocycles. The summed E-state index contributed by atoms with van der Waals surface area (Å²) in [5, 5.41) is 7.26. The molecular weight excluding hydrogens is 242 g/mol. The fraction of sp³-hybridized carbons (Fsp3) is 0.308. The second-order valence-electron chi connectivity index (χ2n) is 4.27. The van der Waals surface area contributed by atoms with Crippen LogP contribution < -0.4 is 11.1 Å². The van der Waals surface area contributed by atoms with Crippen LogP contribution in [0.5, 0.6) is 0 Å². The van der Waals surface area contributed by atoms with Gasteiger partial charge in [0.25, 0.3) is 5.91 Å². The maximum absolute atomic E-state index is 11.4. The van der Waals surface area contributed by atoms with Gasteiger partial charge in [0.15, 0.2) is 0 Å². The molecule has 19 heavy (non-hydrogen) atoms. The molecule has 0 bridgehead atoms. The van der Waals surface area contributed by atoms with Crippen LogP contribution in [0, 0.1) is 6.92 Å². The summed E-state index contributed by atoms with van der Waals surface area (Å²) >= 11 is 0. The number of nitrogens with one attached hydrogen (secondary N) is 1. The Bertz CT molecular complexity index is 550. The van der Waals surface area contributed by atoms with Crippen LogP contribution in [0.4, 0.5) is 5.82 Å². The minimum absolute atomic E-state index is 0.458. The van der Waals surface area contributed by atoms with Crippen molar-refractivity contribution in [1.82, 2.24) is 14.8 Å². The van der Waals surface area contributed by atoms with Crippen LogP contribution in [0.1, 0.15) is 22.3 Å². The second kappa shape index (κ2) is 5.99. The van der Waals surface area contributed by atoms with Crippen LogP contribution in [0.2, 0.25) is 0 Å². The minimum atomic E-state index is -0.458. The molecule has 0 unspecified atom stereocenters. The first-order valence-corrected chi connectivity index (χ1v) is 6.15. The molecule has 2 rings (SSSR count). The van der Waals surface area contributed by atoms with E-state index in [-0.39, 0.29) is 0 Å². The quantitative estimate of drug-likeness (QED) is 0.763. The number of aromatic nitrogens is 3. The summed E-state index contributed by atoms with van der Waals surface area (Å²) < 4.78 is 1.86.